The summed E-state index contributed by atoms with van der Waals surface area (Å²) in [6.45, 7) is 0.501. The molecule has 0 aromatic carbocycles. The lowest BCUT2D eigenvalue weighted by atomic mass is 10.4. The SMILES string of the molecule is CS(=O)(=O)N1CCN(S(=O)(=O)CC#N)CC1. The van der Waals surface area contributed by atoms with Crippen LogP contribution in [0.3, 0.4) is 0 Å². The van der Waals surface area contributed by atoms with Crippen molar-refractivity contribution >= 4 is 20.0 Å². The number of nitriles is 1. The lowest BCUT2D eigenvalue weighted by Crippen LogP contribution is -2.50. The predicted octanol–water partition coefficient (Wildman–Crippen LogP) is -1.58. The van der Waals surface area contributed by atoms with Crippen LogP contribution in [-0.2, 0) is 20.0 Å². The summed E-state index contributed by atoms with van der Waals surface area (Å²) in [6, 6.07) is 1.59. The van der Waals surface area contributed by atoms with Crippen molar-refractivity contribution in [3.8, 4) is 6.07 Å². The van der Waals surface area contributed by atoms with Crippen LogP contribution in [-0.4, -0.2) is 63.6 Å². The molecule has 0 amide bonds. The van der Waals surface area contributed by atoms with Gasteiger partial charge in [-0.05, 0) is 0 Å². The van der Waals surface area contributed by atoms with Crippen molar-refractivity contribution in [2.45, 2.75) is 0 Å². The van der Waals surface area contributed by atoms with E-state index in [1.165, 1.54) is 4.31 Å². The molecule has 1 rings (SSSR count). The van der Waals surface area contributed by atoms with Gasteiger partial charge in [-0.15, -0.1) is 0 Å². The number of hydrogen-bond acceptors (Lipinski definition) is 5. The summed E-state index contributed by atoms with van der Waals surface area (Å²) in [6.07, 6.45) is 1.09. The van der Waals surface area contributed by atoms with Crippen molar-refractivity contribution in [1.29, 1.82) is 5.26 Å². The Bertz CT molecular complexity index is 482. The Labute approximate surface area is 95.4 Å². The molecular formula is C7H13N3O4S2. The zero-order chi connectivity index (χ0) is 12.4. The summed E-state index contributed by atoms with van der Waals surface area (Å²) in [5.41, 5.74) is 0. The number of sulfonamides is 2. The molecule has 0 aromatic rings. The normalized spacial score (nSPS) is 20.5. The Morgan fingerprint density at radius 2 is 1.50 bits per heavy atom. The quantitative estimate of drug-likeness (QED) is 0.614. The van der Waals surface area contributed by atoms with Gasteiger partial charge in [-0.3, -0.25) is 0 Å². The van der Waals surface area contributed by atoms with Crippen molar-refractivity contribution in [2.24, 2.45) is 0 Å². The van der Waals surface area contributed by atoms with Crippen LogP contribution in [0.1, 0.15) is 0 Å². The first-order chi connectivity index (χ1) is 7.27. The first-order valence-corrected chi connectivity index (χ1v) is 8.03. The summed E-state index contributed by atoms with van der Waals surface area (Å²) in [5.74, 6) is -0.564. The van der Waals surface area contributed by atoms with E-state index < -0.39 is 25.8 Å². The van der Waals surface area contributed by atoms with Crippen molar-refractivity contribution in [3.05, 3.63) is 0 Å². The van der Waals surface area contributed by atoms with Gasteiger partial charge in [0.1, 0.15) is 0 Å². The largest absolute Gasteiger partial charge is 0.227 e. The minimum absolute atomic E-state index is 0.108. The van der Waals surface area contributed by atoms with E-state index in [-0.39, 0.29) is 26.2 Å². The second-order valence-electron chi connectivity index (χ2n) is 3.48. The third kappa shape index (κ3) is 3.15. The maximum Gasteiger partial charge on any atom is 0.227 e. The number of piperazine rings is 1. The standard InChI is InChI=1S/C7H13N3O4S2/c1-15(11,12)9-3-5-10(6-4-9)16(13,14)7-2-8/h3-7H2,1H3. The highest BCUT2D eigenvalue weighted by Gasteiger charge is 2.29. The molecular weight excluding hydrogens is 254 g/mol. The molecule has 9 heteroatoms. The van der Waals surface area contributed by atoms with Crippen LogP contribution in [0.4, 0.5) is 0 Å². The van der Waals surface area contributed by atoms with Crippen LogP contribution in [0.25, 0.3) is 0 Å². The molecule has 1 fully saturated rings. The zero-order valence-electron chi connectivity index (χ0n) is 8.83. The molecule has 0 N–H and O–H groups in total. The van der Waals surface area contributed by atoms with Gasteiger partial charge in [0.2, 0.25) is 20.0 Å². The topological polar surface area (TPSA) is 98.6 Å². The van der Waals surface area contributed by atoms with Crippen molar-refractivity contribution in [3.63, 3.8) is 0 Å². The van der Waals surface area contributed by atoms with Crippen molar-refractivity contribution in [2.75, 3.05) is 38.2 Å². The molecule has 0 aliphatic carbocycles. The lowest BCUT2D eigenvalue weighted by molar-refractivity contribution is 0.274. The van der Waals surface area contributed by atoms with E-state index in [1.54, 1.807) is 6.07 Å². The van der Waals surface area contributed by atoms with Crippen LogP contribution in [0, 0.1) is 11.3 Å². The van der Waals surface area contributed by atoms with Gasteiger partial charge < -0.3 is 0 Å². The Kier molecular flexibility index (Phi) is 3.90. The average Bonchev–Trinajstić information content (AvgIpc) is 2.16. The van der Waals surface area contributed by atoms with Crippen LogP contribution in [0.15, 0.2) is 0 Å². The molecule has 7 nitrogen and oxygen atoms in total. The van der Waals surface area contributed by atoms with Crippen molar-refractivity contribution < 1.29 is 16.8 Å². The fraction of sp³-hybridized carbons (Fsp3) is 0.857. The van der Waals surface area contributed by atoms with E-state index in [2.05, 4.69) is 0 Å². The fourth-order valence-electron chi connectivity index (χ4n) is 1.45. The Balaban J connectivity index is 2.67. The monoisotopic (exact) mass is 267 g/mol. The van der Waals surface area contributed by atoms with Crippen LogP contribution in [0.5, 0.6) is 0 Å². The second kappa shape index (κ2) is 4.67. The molecule has 1 saturated heterocycles. The third-order valence-corrected chi connectivity index (χ3v) is 5.26. The molecule has 92 valence electrons. The lowest BCUT2D eigenvalue weighted by Gasteiger charge is -2.31. The van der Waals surface area contributed by atoms with Gasteiger partial charge in [-0.2, -0.15) is 13.9 Å². The van der Waals surface area contributed by atoms with E-state index in [0.29, 0.717) is 0 Å². The summed E-state index contributed by atoms with van der Waals surface area (Å²) in [4.78, 5) is 0. The Hall–Kier alpha value is -0.690. The second-order valence-corrected chi connectivity index (χ2v) is 7.43. The molecule has 16 heavy (non-hydrogen) atoms. The van der Waals surface area contributed by atoms with Gasteiger partial charge in [0.25, 0.3) is 0 Å². The molecule has 1 aliphatic rings. The number of hydrogen-bond donors (Lipinski definition) is 0. The zero-order valence-corrected chi connectivity index (χ0v) is 10.5. The minimum Gasteiger partial charge on any atom is -0.213 e. The van der Waals surface area contributed by atoms with Gasteiger partial charge in [-0.25, -0.2) is 16.8 Å². The fourth-order valence-corrected chi connectivity index (χ4v) is 3.34. The molecule has 0 spiro atoms. The maximum atomic E-state index is 11.5. The third-order valence-electron chi connectivity index (χ3n) is 2.31. The Morgan fingerprint density at radius 1 is 1.06 bits per heavy atom. The summed E-state index contributed by atoms with van der Waals surface area (Å²) in [7, 11) is -6.81. The molecule has 0 aromatic heterocycles. The Morgan fingerprint density at radius 3 is 1.88 bits per heavy atom. The van der Waals surface area contributed by atoms with Gasteiger partial charge in [0, 0.05) is 26.2 Å². The maximum absolute atomic E-state index is 11.5. The van der Waals surface area contributed by atoms with E-state index in [0.717, 1.165) is 10.6 Å². The highest BCUT2D eigenvalue weighted by molar-refractivity contribution is 7.89. The smallest absolute Gasteiger partial charge is 0.213 e. The molecule has 0 atom stereocenters. The molecule has 0 unspecified atom stereocenters. The first-order valence-electron chi connectivity index (χ1n) is 4.57. The molecule has 0 saturated carbocycles. The molecule has 1 heterocycles. The van der Waals surface area contributed by atoms with Crippen molar-refractivity contribution in [1.82, 2.24) is 8.61 Å². The summed E-state index contributed by atoms with van der Waals surface area (Å²) >= 11 is 0. The average molecular weight is 267 g/mol. The van der Waals surface area contributed by atoms with Crippen LogP contribution < -0.4 is 0 Å². The summed E-state index contributed by atoms with van der Waals surface area (Å²) < 4.78 is 47.7. The van der Waals surface area contributed by atoms with E-state index in [1.807, 2.05) is 0 Å². The highest BCUT2D eigenvalue weighted by Crippen LogP contribution is 2.10. The van der Waals surface area contributed by atoms with E-state index >= 15 is 0 Å². The van der Waals surface area contributed by atoms with E-state index in [4.69, 9.17) is 5.26 Å². The van der Waals surface area contributed by atoms with E-state index in [9.17, 15) is 16.8 Å². The van der Waals surface area contributed by atoms with Crippen LogP contribution >= 0.6 is 0 Å². The summed E-state index contributed by atoms with van der Waals surface area (Å²) in [5, 5.41) is 8.35. The van der Waals surface area contributed by atoms with Gasteiger partial charge >= 0.3 is 0 Å². The van der Waals surface area contributed by atoms with Gasteiger partial charge in [-0.1, -0.05) is 0 Å². The first kappa shape index (κ1) is 13.4. The molecule has 0 bridgehead atoms. The predicted molar refractivity (Wildman–Crippen MR) is 57.4 cm³/mol. The number of nitrogens with zero attached hydrogens (tertiary/aromatic N) is 3. The van der Waals surface area contributed by atoms with Crippen LogP contribution in [0.2, 0.25) is 0 Å². The number of rotatable bonds is 3. The molecule has 0 radical (unpaired) electrons. The van der Waals surface area contributed by atoms with Gasteiger partial charge in [0.05, 0.1) is 12.3 Å². The van der Waals surface area contributed by atoms with Gasteiger partial charge in [0.15, 0.2) is 5.75 Å². The minimum atomic E-state index is -3.55. The molecule has 1 aliphatic heterocycles. The highest BCUT2D eigenvalue weighted by atomic mass is 32.2.